The number of carbonyl (C=O) groups excluding carboxylic acids is 1. The van der Waals surface area contributed by atoms with Crippen molar-refractivity contribution in [3.05, 3.63) is 28.7 Å². The maximum atomic E-state index is 8.78. The van der Waals surface area contributed by atoms with Crippen LogP contribution in [-0.4, -0.2) is 11.9 Å². The van der Waals surface area contributed by atoms with E-state index >= 15 is 0 Å². The summed E-state index contributed by atoms with van der Waals surface area (Å²) >= 11 is 3.20. The Morgan fingerprint density at radius 3 is 2.30 bits per heavy atom. The second kappa shape index (κ2) is 4.99. The molecule has 0 aliphatic heterocycles. The third kappa shape index (κ3) is 3.25. The van der Waals surface area contributed by atoms with Crippen molar-refractivity contribution in [2.75, 3.05) is 0 Å². The molecule has 0 amide bonds. The lowest BCUT2D eigenvalue weighted by Gasteiger charge is -1.88. The minimum Gasteiger partial charge on any atom is -0.508 e. The van der Waals surface area contributed by atoms with Crippen LogP contribution in [0.4, 0.5) is 0 Å². The first-order valence-electron chi connectivity index (χ1n) is 2.52. The monoisotopic (exact) mass is 202 g/mol. The SMILES string of the molecule is C=O.Oc1cccc(Br)c1. The first kappa shape index (κ1) is 9.17. The first-order chi connectivity index (χ1) is 4.79. The van der Waals surface area contributed by atoms with Crippen molar-refractivity contribution in [3.8, 4) is 5.75 Å². The van der Waals surface area contributed by atoms with E-state index in [-0.39, 0.29) is 0 Å². The minimum atomic E-state index is 0.291. The molecule has 0 aliphatic carbocycles. The van der Waals surface area contributed by atoms with E-state index in [2.05, 4.69) is 15.9 Å². The summed E-state index contributed by atoms with van der Waals surface area (Å²) in [7, 11) is 0. The summed E-state index contributed by atoms with van der Waals surface area (Å²) in [4.78, 5) is 8.00. The highest BCUT2D eigenvalue weighted by Crippen LogP contribution is 2.15. The normalized spacial score (nSPS) is 7.70. The molecule has 0 heterocycles. The summed E-state index contributed by atoms with van der Waals surface area (Å²) in [6.07, 6.45) is 0. The first-order valence-corrected chi connectivity index (χ1v) is 3.32. The lowest BCUT2D eigenvalue weighted by atomic mass is 10.3. The van der Waals surface area contributed by atoms with Gasteiger partial charge >= 0.3 is 0 Å². The maximum absolute atomic E-state index is 8.78. The van der Waals surface area contributed by atoms with Gasteiger partial charge in [0.1, 0.15) is 12.5 Å². The van der Waals surface area contributed by atoms with Crippen molar-refractivity contribution in [1.82, 2.24) is 0 Å². The number of hydrogen-bond donors (Lipinski definition) is 1. The van der Waals surface area contributed by atoms with E-state index < -0.39 is 0 Å². The van der Waals surface area contributed by atoms with E-state index in [1.54, 1.807) is 18.2 Å². The molecule has 0 fully saturated rings. The highest BCUT2D eigenvalue weighted by atomic mass is 79.9. The molecule has 1 rings (SSSR count). The highest BCUT2D eigenvalue weighted by molar-refractivity contribution is 9.10. The number of hydrogen-bond acceptors (Lipinski definition) is 2. The maximum Gasteiger partial charge on any atom is 0.116 e. The van der Waals surface area contributed by atoms with Crippen molar-refractivity contribution in [2.45, 2.75) is 0 Å². The smallest absolute Gasteiger partial charge is 0.116 e. The Morgan fingerprint density at radius 2 is 2.00 bits per heavy atom. The van der Waals surface area contributed by atoms with Gasteiger partial charge < -0.3 is 9.90 Å². The topological polar surface area (TPSA) is 37.3 Å². The van der Waals surface area contributed by atoms with Gasteiger partial charge in [-0.3, -0.25) is 0 Å². The highest BCUT2D eigenvalue weighted by Gasteiger charge is 1.84. The van der Waals surface area contributed by atoms with Crippen LogP contribution in [0.5, 0.6) is 5.75 Å². The molecule has 0 saturated heterocycles. The Morgan fingerprint density at radius 1 is 1.40 bits per heavy atom. The van der Waals surface area contributed by atoms with Crippen molar-refractivity contribution in [1.29, 1.82) is 0 Å². The van der Waals surface area contributed by atoms with Crippen molar-refractivity contribution >= 4 is 22.7 Å². The largest absolute Gasteiger partial charge is 0.508 e. The van der Waals surface area contributed by atoms with E-state index in [1.165, 1.54) is 0 Å². The summed E-state index contributed by atoms with van der Waals surface area (Å²) in [5.41, 5.74) is 0. The zero-order chi connectivity index (χ0) is 7.98. The predicted molar refractivity (Wildman–Crippen MR) is 42.9 cm³/mol. The van der Waals surface area contributed by atoms with Gasteiger partial charge in [-0.2, -0.15) is 0 Å². The molecule has 1 aromatic rings. The van der Waals surface area contributed by atoms with Gasteiger partial charge in [-0.1, -0.05) is 22.0 Å². The molecule has 0 aromatic heterocycles. The van der Waals surface area contributed by atoms with Crippen LogP contribution < -0.4 is 0 Å². The van der Waals surface area contributed by atoms with E-state index in [1.807, 2.05) is 12.9 Å². The molecule has 0 bridgehead atoms. The predicted octanol–water partition coefficient (Wildman–Crippen LogP) is 1.97. The van der Waals surface area contributed by atoms with Gasteiger partial charge in [-0.15, -0.1) is 0 Å². The Balaban J connectivity index is 0.000000371. The third-order valence-corrected chi connectivity index (χ3v) is 1.30. The fraction of sp³-hybridized carbons (Fsp3) is 0. The lowest BCUT2D eigenvalue weighted by molar-refractivity contribution is -0.0979. The molecule has 0 unspecified atom stereocenters. The van der Waals surface area contributed by atoms with Gasteiger partial charge in [-0.05, 0) is 18.2 Å². The Kier molecular flexibility index (Phi) is 4.58. The van der Waals surface area contributed by atoms with Gasteiger partial charge in [0, 0.05) is 4.47 Å². The van der Waals surface area contributed by atoms with Crippen molar-refractivity contribution < 1.29 is 9.90 Å². The number of rotatable bonds is 0. The van der Waals surface area contributed by atoms with Crippen LogP contribution in [0.15, 0.2) is 28.7 Å². The zero-order valence-corrected chi connectivity index (χ0v) is 6.84. The van der Waals surface area contributed by atoms with Crippen molar-refractivity contribution in [3.63, 3.8) is 0 Å². The number of carbonyl (C=O) groups is 1. The average molecular weight is 203 g/mol. The second-order valence-corrected chi connectivity index (χ2v) is 2.40. The van der Waals surface area contributed by atoms with E-state index in [0.717, 1.165) is 4.47 Å². The van der Waals surface area contributed by atoms with Crippen LogP contribution >= 0.6 is 15.9 Å². The lowest BCUT2D eigenvalue weighted by Crippen LogP contribution is -1.61. The minimum absolute atomic E-state index is 0.291. The van der Waals surface area contributed by atoms with E-state index in [0.29, 0.717) is 5.75 Å². The number of phenols is 1. The Labute approximate surface area is 67.6 Å². The quantitative estimate of drug-likeness (QED) is 0.699. The third-order valence-electron chi connectivity index (χ3n) is 0.808. The molecule has 1 N–H and O–H groups in total. The summed E-state index contributed by atoms with van der Waals surface area (Å²) in [6, 6.07) is 6.91. The van der Waals surface area contributed by atoms with E-state index in [9.17, 15) is 0 Å². The molecular formula is C7H7BrO2. The number of aromatic hydroxyl groups is 1. The van der Waals surface area contributed by atoms with Gasteiger partial charge in [-0.25, -0.2) is 0 Å². The van der Waals surface area contributed by atoms with Crippen LogP contribution in [0.1, 0.15) is 0 Å². The number of halogens is 1. The fourth-order valence-corrected chi connectivity index (χ4v) is 0.863. The molecule has 0 spiro atoms. The Hall–Kier alpha value is -0.830. The van der Waals surface area contributed by atoms with Crippen LogP contribution in [-0.2, 0) is 4.79 Å². The molecule has 3 heteroatoms. The average Bonchev–Trinajstić information content (AvgIpc) is 1.91. The molecule has 0 saturated carbocycles. The molecule has 2 nitrogen and oxygen atoms in total. The van der Waals surface area contributed by atoms with Crippen molar-refractivity contribution in [2.24, 2.45) is 0 Å². The van der Waals surface area contributed by atoms with E-state index in [4.69, 9.17) is 9.90 Å². The molecular weight excluding hydrogens is 196 g/mol. The van der Waals surface area contributed by atoms with Crippen LogP contribution in [0.25, 0.3) is 0 Å². The molecule has 10 heavy (non-hydrogen) atoms. The Bertz CT molecular complexity index is 183. The zero-order valence-electron chi connectivity index (χ0n) is 5.25. The summed E-state index contributed by atoms with van der Waals surface area (Å²) < 4.78 is 0.900. The number of benzene rings is 1. The summed E-state index contributed by atoms with van der Waals surface area (Å²) in [6.45, 7) is 2.00. The van der Waals surface area contributed by atoms with Gasteiger partial charge in [0.25, 0.3) is 0 Å². The molecule has 0 aliphatic rings. The van der Waals surface area contributed by atoms with Gasteiger partial charge in [0.15, 0.2) is 0 Å². The molecule has 0 radical (unpaired) electrons. The van der Waals surface area contributed by atoms with Crippen LogP contribution in [0.2, 0.25) is 0 Å². The molecule has 54 valence electrons. The summed E-state index contributed by atoms with van der Waals surface area (Å²) in [5, 5.41) is 8.78. The second-order valence-electron chi connectivity index (χ2n) is 1.48. The van der Waals surface area contributed by atoms with Crippen LogP contribution in [0.3, 0.4) is 0 Å². The fourth-order valence-electron chi connectivity index (χ4n) is 0.476. The molecule has 0 atom stereocenters. The summed E-state index contributed by atoms with van der Waals surface area (Å²) in [5.74, 6) is 0.291. The molecule has 1 aromatic carbocycles. The standard InChI is InChI=1S/C6H5BrO.CH2O/c7-5-2-1-3-6(8)4-5;1-2/h1-4,8H;1H2. The van der Waals surface area contributed by atoms with Gasteiger partial charge in [0.2, 0.25) is 0 Å². The van der Waals surface area contributed by atoms with Crippen LogP contribution in [0, 0.1) is 0 Å². The van der Waals surface area contributed by atoms with Gasteiger partial charge in [0.05, 0.1) is 0 Å². The number of phenolic OH excluding ortho intramolecular Hbond substituents is 1.